The topological polar surface area (TPSA) is 86.8 Å². The molecule has 1 unspecified atom stereocenters. The average molecular weight is 478 g/mol. The molecular formula is C24H32FN3O4S. The minimum absolute atomic E-state index is 0.0499. The Morgan fingerprint density at radius 3 is 2.39 bits per heavy atom. The fraction of sp³-hybridized carbons (Fsp3) is 0.417. The van der Waals surface area contributed by atoms with Crippen LogP contribution in [0.5, 0.6) is 0 Å². The summed E-state index contributed by atoms with van der Waals surface area (Å²) < 4.78 is 39.4. The van der Waals surface area contributed by atoms with Crippen molar-refractivity contribution < 1.29 is 22.4 Å². The van der Waals surface area contributed by atoms with E-state index < -0.39 is 34.3 Å². The molecule has 0 aliphatic carbocycles. The van der Waals surface area contributed by atoms with E-state index >= 15 is 0 Å². The van der Waals surface area contributed by atoms with Crippen LogP contribution in [0.2, 0.25) is 0 Å². The Hall–Kier alpha value is -2.94. The molecule has 0 aliphatic rings. The summed E-state index contributed by atoms with van der Waals surface area (Å²) in [4.78, 5) is 27.4. The Morgan fingerprint density at radius 1 is 1.09 bits per heavy atom. The van der Waals surface area contributed by atoms with Crippen molar-refractivity contribution in [1.29, 1.82) is 0 Å². The number of unbranched alkanes of at least 4 members (excludes halogenated alkanes) is 1. The second-order valence-corrected chi connectivity index (χ2v) is 9.80. The molecule has 0 radical (unpaired) electrons. The lowest BCUT2D eigenvalue weighted by Gasteiger charge is -2.31. The predicted molar refractivity (Wildman–Crippen MR) is 128 cm³/mol. The number of nitrogens with one attached hydrogen (secondary N) is 1. The summed E-state index contributed by atoms with van der Waals surface area (Å²) in [5.74, 6) is -1.46. The summed E-state index contributed by atoms with van der Waals surface area (Å²) in [5, 5.41) is 2.83. The zero-order chi connectivity index (χ0) is 24.4. The van der Waals surface area contributed by atoms with Crippen LogP contribution in [0.25, 0.3) is 0 Å². The predicted octanol–water partition coefficient (Wildman–Crippen LogP) is 2.97. The Morgan fingerprint density at radius 2 is 1.79 bits per heavy atom. The van der Waals surface area contributed by atoms with E-state index in [1.807, 2.05) is 37.3 Å². The van der Waals surface area contributed by atoms with Crippen molar-refractivity contribution in [2.45, 2.75) is 39.2 Å². The second kappa shape index (κ2) is 12.3. The van der Waals surface area contributed by atoms with Crippen molar-refractivity contribution in [2.24, 2.45) is 0 Å². The van der Waals surface area contributed by atoms with Gasteiger partial charge in [-0.1, -0.05) is 49.7 Å². The number of nitrogens with zero attached hydrogens (tertiary/aromatic N) is 2. The summed E-state index contributed by atoms with van der Waals surface area (Å²) in [7, 11) is -3.88. The number of halogens is 1. The van der Waals surface area contributed by atoms with Gasteiger partial charge < -0.3 is 10.2 Å². The summed E-state index contributed by atoms with van der Waals surface area (Å²) in [6, 6.07) is 13.8. The number of carbonyl (C=O) groups excluding carboxylic acids is 2. The quantitative estimate of drug-likeness (QED) is 0.476. The molecule has 180 valence electrons. The number of anilines is 1. The number of rotatable bonds is 12. The highest BCUT2D eigenvalue weighted by molar-refractivity contribution is 7.92. The van der Waals surface area contributed by atoms with Gasteiger partial charge in [-0.25, -0.2) is 12.8 Å². The molecule has 33 heavy (non-hydrogen) atoms. The largest absolute Gasteiger partial charge is 0.354 e. The first-order valence-corrected chi connectivity index (χ1v) is 12.8. The van der Waals surface area contributed by atoms with Crippen LogP contribution in [-0.4, -0.2) is 57.1 Å². The van der Waals surface area contributed by atoms with Gasteiger partial charge in [-0.05, 0) is 43.5 Å². The minimum Gasteiger partial charge on any atom is -0.354 e. The third kappa shape index (κ3) is 8.16. The lowest BCUT2D eigenvalue weighted by Crippen LogP contribution is -2.52. The molecule has 0 aliphatic heterocycles. The molecule has 7 nitrogen and oxygen atoms in total. The third-order valence-corrected chi connectivity index (χ3v) is 6.40. The molecule has 0 aromatic heterocycles. The van der Waals surface area contributed by atoms with Gasteiger partial charge >= 0.3 is 0 Å². The molecule has 0 fully saturated rings. The Bertz CT molecular complexity index is 1030. The number of hydrogen-bond donors (Lipinski definition) is 1. The van der Waals surface area contributed by atoms with Gasteiger partial charge in [-0.2, -0.15) is 0 Å². The van der Waals surface area contributed by atoms with Crippen molar-refractivity contribution in [3.63, 3.8) is 0 Å². The van der Waals surface area contributed by atoms with E-state index in [1.54, 1.807) is 6.92 Å². The zero-order valence-electron chi connectivity index (χ0n) is 19.3. The average Bonchev–Trinajstić information content (AvgIpc) is 2.77. The van der Waals surface area contributed by atoms with E-state index in [0.717, 1.165) is 35.0 Å². The van der Waals surface area contributed by atoms with Gasteiger partial charge in [0, 0.05) is 13.1 Å². The monoisotopic (exact) mass is 477 g/mol. The normalized spacial score (nSPS) is 12.1. The van der Waals surface area contributed by atoms with Crippen molar-refractivity contribution >= 4 is 27.5 Å². The molecule has 0 spiro atoms. The van der Waals surface area contributed by atoms with Crippen molar-refractivity contribution in [1.82, 2.24) is 10.2 Å². The van der Waals surface area contributed by atoms with Gasteiger partial charge in [0.2, 0.25) is 21.8 Å². The molecule has 2 rings (SSSR count). The van der Waals surface area contributed by atoms with E-state index in [-0.39, 0.29) is 18.1 Å². The Labute approximate surface area is 195 Å². The van der Waals surface area contributed by atoms with Crippen LogP contribution in [0, 0.1) is 5.82 Å². The first-order valence-electron chi connectivity index (χ1n) is 11.0. The fourth-order valence-corrected chi connectivity index (χ4v) is 4.19. The molecule has 0 saturated heterocycles. The van der Waals surface area contributed by atoms with Gasteiger partial charge in [0.05, 0.1) is 11.9 Å². The lowest BCUT2D eigenvalue weighted by molar-refractivity contribution is -0.138. The van der Waals surface area contributed by atoms with E-state index in [4.69, 9.17) is 0 Å². The van der Waals surface area contributed by atoms with Crippen LogP contribution in [0.4, 0.5) is 10.1 Å². The highest BCUT2D eigenvalue weighted by Crippen LogP contribution is 2.19. The Balaban J connectivity index is 2.26. The lowest BCUT2D eigenvalue weighted by atomic mass is 10.1. The fourth-order valence-electron chi connectivity index (χ4n) is 3.35. The third-order valence-electron chi connectivity index (χ3n) is 5.26. The van der Waals surface area contributed by atoms with E-state index in [1.165, 1.54) is 23.1 Å². The number of carbonyl (C=O) groups is 2. The molecular weight excluding hydrogens is 445 g/mol. The van der Waals surface area contributed by atoms with Gasteiger partial charge in [0.25, 0.3) is 0 Å². The summed E-state index contributed by atoms with van der Waals surface area (Å²) in [6.07, 6.45) is 3.19. The molecule has 0 bridgehead atoms. The van der Waals surface area contributed by atoms with Gasteiger partial charge in [-0.3, -0.25) is 13.9 Å². The van der Waals surface area contributed by atoms with Gasteiger partial charge in [0.15, 0.2) is 0 Å². The van der Waals surface area contributed by atoms with Crippen molar-refractivity contribution in [3.05, 3.63) is 66.0 Å². The molecule has 2 amide bonds. The van der Waals surface area contributed by atoms with Gasteiger partial charge in [0.1, 0.15) is 18.4 Å². The maximum absolute atomic E-state index is 13.7. The zero-order valence-corrected chi connectivity index (χ0v) is 20.1. The second-order valence-electron chi connectivity index (χ2n) is 7.89. The van der Waals surface area contributed by atoms with E-state index in [2.05, 4.69) is 5.32 Å². The highest BCUT2D eigenvalue weighted by atomic mass is 32.2. The van der Waals surface area contributed by atoms with Crippen LogP contribution in [0.3, 0.4) is 0 Å². The summed E-state index contributed by atoms with van der Waals surface area (Å²) in [5.41, 5.74) is 1.04. The van der Waals surface area contributed by atoms with Crippen molar-refractivity contribution in [3.8, 4) is 0 Å². The van der Waals surface area contributed by atoms with Gasteiger partial charge in [-0.15, -0.1) is 0 Å². The summed E-state index contributed by atoms with van der Waals surface area (Å²) in [6.45, 7) is 3.82. The molecule has 2 aromatic carbocycles. The highest BCUT2D eigenvalue weighted by Gasteiger charge is 2.29. The van der Waals surface area contributed by atoms with Crippen LogP contribution in [0.1, 0.15) is 32.3 Å². The molecule has 9 heteroatoms. The first kappa shape index (κ1) is 26.3. The van der Waals surface area contributed by atoms with Crippen molar-refractivity contribution in [2.75, 3.05) is 30.2 Å². The maximum Gasteiger partial charge on any atom is 0.244 e. The molecule has 0 saturated carbocycles. The van der Waals surface area contributed by atoms with Crippen LogP contribution >= 0.6 is 0 Å². The first-order chi connectivity index (χ1) is 15.6. The SMILES string of the molecule is CCCCNC(=O)C(C)N(CCc1ccccc1)C(=O)CN(c1cccc(F)c1)S(C)(=O)=O. The Kier molecular flexibility index (Phi) is 9.84. The molecule has 1 atom stereocenters. The number of amides is 2. The van der Waals surface area contributed by atoms with Crippen LogP contribution in [-0.2, 0) is 26.0 Å². The minimum atomic E-state index is -3.88. The van der Waals surface area contributed by atoms with E-state index in [9.17, 15) is 22.4 Å². The molecule has 0 heterocycles. The van der Waals surface area contributed by atoms with E-state index in [0.29, 0.717) is 13.0 Å². The number of sulfonamides is 1. The number of hydrogen-bond acceptors (Lipinski definition) is 4. The molecule has 2 aromatic rings. The summed E-state index contributed by atoms with van der Waals surface area (Å²) >= 11 is 0. The van der Waals surface area contributed by atoms with Crippen LogP contribution in [0.15, 0.2) is 54.6 Å². The standard InChI is InChI=1S/C24H32FN3O4S/c1-4-5-15-26-24(30)19(2)27(16-14-20-10-7-6-8-11-20)23(29)18-28(33(3,31)32)22-13-9-12-21(25)17-22/h6-13,17,19H,4-5,14-16,18H2,1-3H3,(H,26,30). The smallest absolute Gasteiger partial charge is 0.244 e. The van der Waals surface area contributed by atoms with Crippen LogP contribution < -0.4 is 9.62 Å². The maximum atomic E-state index is 13.7. The molecule has 1 N–H and O–H groups in total. The number of benzene rings is 2.